The van der Waals surface area contributed by atoms with E-state index in [9.17, 15) is 4.79 Å². The van der Waals surface area contributed by atoms with Gasteiger partial charge in [0.1, 0.15) is 0 Å². The SMILES string of the molecule is CN=C(NCCC(C)C)NCc1ccc(Cn2ccccc2=O)cc1.I. The zero-order chi connectivity index (χ0) is 18.1. The predicted molar refractivity (Wildman–Crippen MR) is 119 cm³/mol. The van der Waals surface area contributed by atoms with Gasteiger partial charge in [-0.3, -0.25) is 9.79 Å². The van der Waals surface area contributed by atoms with Crippen LogP contribution in [0.3, 0.4) is 0 Å². The molecule has 0 spiro atoms. The first-order valence-corrected chi connectivity index (χ1v) is 8.76. The quantitative estimate of drug-likeness (QED) is 0.373. The third-order valence-corrected chi connectivity index (χ3v) is 3.97. The van der Waals surface area contributed by atoms with E-state index >= 15 is 0 Å². The Morgan fingerprint density at radius 2 is 1.77 bits per heavy atom. The Labute approximate surface area is 173 Å². The first-order chi connectivity index (χ1) is 12.1. The molecule has 1 aromatic carbocycles. The molecule has 142 valence electrons. The predicted octanol–water partition coefficient (Wildman–Crippen LogP) is 3.23. The van der Waals surface area contributed by atoms with Crippen LogP contribution in [0.5, 0.6) is 0 Å². The molecule has 0 atom stereocenters. The Kier molecular flexibility index (Phi) is 10.0. The number of halogens is 1. The van der Waals surface area contributed by atoms with Crippen LogP contribution in [0.25, 0.3) is 0 Å². The highest BCUT2D eigenvalue weighted by Gasteiger charge is 2.01. The maximum Gasteiger partial charge on any atom is 0.250 e. The van der Waals surface area contributed by atoms with Gasteiger partial charge in [0.15, 0.2) is 5.96 Å². The lowest BCUT2D eigenvalue weighted by Gasteiger charge is -2.13. The molecule has 0 fully saturated rings. The molecule has 0 radical (unpaired) electrons. The van der Waals surface area contributed by atoms with Crippen LogP contribution in [-0.2, 0) is 13.1 Å². The summed E-state index contributed by atoms with van der Waals surface area (Å²) in [5, 5.41) is 6.64. The van der Waals surface area contributed by atoms with Gasteiger partial charge in [-0.15, -0.1) is 24.0 Å². The van der Waals surface area contributed by atoms with Crippen molar-refractivity contribution in [2.45, 2.75) is 33.4 Å². The van der Waals surface area contributed by atoms with Crippen LogP contribution in [0.2, 0.25) is 0 Å². The van der Waals surface area contributed by atoms with Gasteiger partial charge < -0.3 is 15.2 Å². The Morgan fingerprint density at radius 3 is 2.38 bits per heavy atom. The third kappa shape index (κ3) is 7.59. The van der Waals surface area contributed by atoms with E-state index in [-0.39, 0.29) is 29.5 Å². The zero-order valence-corrected chi connectivity index (χ0v) is 18.1. The normalized spacial score (nSPS) is 11.2. The van der Waals surface area contributed by atoms with Crippen molar-refractivity contribution in [2.24, 2.45) is 10.9 Å². The maximum atomic E-state index is 11.8. The van der Waals surface area contributed by atoms with Gasteiger partial charge in [0.2, 0.25) is 0 Å². The summed E-state index contributed by atoms with van der Waals surface area (Å²) in [7, 11) is 1.78. The number of benzene rings is 1. The summed E-state index contributed by atoms with van der Waals surface area (Å²) in [6.45, 7) is 6.65. The minimum atomic E-state index is 0. The number of aliphatic imine (C=N–C) groups is 1. The van der Waals surface area contributed by atoms with Gasteiger partial charge in [0.05, 0.1) is 6.54 Å². The van der Waals surface area contributed by atoms with Crippen molar-refractivity contribution in [3.05, 3.63) is 70.1 Å². The molecule has 1 heterocycles. The van der Waals surface area contributed by atoms with E-state index in [1.165, 1.54) is 5.56 Å². The lowest BCUT2D eigenvalue weighted by atomic mass is 10.1. The van der Waals surface area contributed by atoms with Crippen LogP contribution < -0.4 is 16.2 Å². The lowest BCUT2D eigenvalue weighted by Crippen LogP contribution is -2.37. The fourth-order valence-corrected chi connectivity index (χ4v) is 2.44. The first-order valence-electron chi connectivity index (χ1n) is 8.76. The number of nitrogens with zero attached hydrogens (tertiary/aromatic N) is 2. The van der Waals surface area contributed by atoms with Gasteiger partial charge in [-0.05, 0) is 29.5 Å². The van der Waals surface area contributed by atoms with Crippen molar-refractivity contribution in [2.75, 3.05) is 13.6 Å². The van der Waals surface area contributed by atoms with E-state index in [0.717, 1.165) is 24.5 Å². The summed E-state index contributed by atoms with van der Waals surface area (Å²) in [5.41, 5.74) is 2.30. The summed E-state index contributed by atoms with van der Waals surface area (Å²) >= 11 is 0. The van der Waals surface area contributed by atoms with Crippen LogP contribution in [0.4, 0.5) is 0 Å². The van der Waals surface area contributed by atoms with E-state index < -0.39 is 0 Å². The second kappa shape index (κ2) is 11.7. The van der Waals surface area contributed by atoms with Crippen molar-refractivity contribution >= 4 is 29.9 Å². The summed E-state index contributed by atoms with van der Waals surface area (Å²) < 4.78 is 1.70. The molecule has 0 aliphatic heterocycles. The van der Waals surface area contributed by atoms with Gasteiger partial charge in [0, 0.05) is 32.4 Å². The average molecular weight is 468 g/mol. The highest BCUT2D eigenvalue weighted by molar-refractivity contribution is 14.0. The second-order valence-corrected chi connectivity index (χ2v) is 6.52. The minimum Gasteiger partial charge on any atom is -0.356 e. The van der Waals surface area contributed by atoms with Gasteiger partial charge in [-0.1, -0.05) is 44.2 Å². The van der Waals surface area contributed by atoms with E-state index in [1.54, 1.807) is 23.7 Å². The smallest absolute Gasteiger partial charge is 0.250 e. The largest absolute Gasteiger partial charge is 0.356 e. The molecular weight excluding hydrogens is 439 g/mol. The van der Waals surface area contributed by atoms with Crippen LogP contribution >= 0.6 is 24.0 Å². The summed E-state index contributed by atoms with van der Waals surface area (Å²) in [6, 6.07) is 13.5. The standard InChI is InChI=1S/C20H28N4O.HI/c1-16(2)11-12-22-20(21-3)23-14-17-7-9-18(10-8-17)15-24-13-5-4-6-19(24)25;/h4-10,13,16H,11-12,14-15H2,1-3H3,(H2,21,22,23);1H. The molecule has 0 amide bonds. The van der Waals surface area contributed by atoms with Crippen molar-refractivity contribution in [3.8, 4) is 0 Å². The van der Waals surface area contributed by atoms with E-state index in [0.29, 0.717) is 19.0 Å². The monoisotopic (exact) mass is 468 g/mol. The molecule has 0 unspecified atom stereocenters. The van der Waals surface area contributed by atoms with E-state index in [2.05, 4.69) is 53.7 Å². The van der Waals surface area contributed by atoms with Crippen molar-refractivity contribution < 1.29 is 0 Å². The molecule has 5 nitrogen and oxygen atoms in total. The molecule has 0 aliphatic rings. The van der Waals surface area contributed by atoms with Crippen molar-refractivity contribution in [1.29, 1.82) is 0 Å². The van der Waals surface area contributed by atoms with Crippen molar-refractivity contribution in [1.82, 2.24) is 15.2 Å². The summed E-state index contributed by atoms with van der Waals surface area (Å²) in [6.07, 6.45) is 2.93. The Bertz CT molecular complexity index is 738. The highest BCUT2D eigenvalue weighted by atomic mass is 127. The zero-order valence-electron chi connectivity index (χ0n) is 15.7. The van der Waals surface area contributed by atoms with Gasteiger partial charge in [0.25, 0.3) is 5.56 Å². The fourth-order valence-electron chi connectivity index (χ4n) is 2.44. The number of nitrogens with one attached hydrogen (secondary N) is 2. The molecule has 0 aliphatic carbocycles. The number of pyridine rings is 1. The van der Waals surface area contributed by atoms with Gasteiger partial charge in [-0.25, -0.2) is 0 Å². The van der Waals surface area contributed by atoms with Crippen LogP contribution in [-0.4, -0.2) is 24.1 Å². The molecule has 1 aromatic heterocycles. The molecule has 0 saturated carbocycles. The van der Waals surface area contributed by atoms with Crippen LogP contribution in [0.15, 0.2) is 58.4 Å². The number of hydrogen-bond donors (Lipinski definition) is 2. The highest BCUT2D eigenvalue weighted by Crippen LogP contribution is 2.05. The topological polar surface area (TPSA) is 58.4 Å². The fraction of sp³-hybridized carbons (Fsp3) is 0.400. The van der Waals surface area contributed by atoms with Crippen LogP contribution in [0.1, 0.15) is 31.4 Å². The molecule has 2 aromatic rings. The van der Waals surface area contributed by atoms with Gasteiger partial charge in [-0.2, -0.15) is 0 Å². The Morgan fingerprint density at radius 1 is 1.08 bits per heavy atom. The summed E-state index contributed by atoms with van der Waals surface area (Å²) in [4.78, 5) is 16.0. The number of rotatable bonds is 7. The minimum absolute atomic E-state index is 0. The molecule has 2 rings (SSSR count). The van der Waals surface area contributed by atoms with E-state index in [1.807, 2.05) is 12.3 Å². The first kappa shape index (κ1) is 22.2. The average Bonchev–Trinajstić information content (AvgIpc) is 2.61. The summed E-state index contributed by atoms with van der Waals surface area (Å²) in [5.74, 6) is 1.50. The van der Waals surface area contributed by atoms with Crippen molar-refractivity contribution in [3.63, 3.8) is 0 Å². The number of hydrogen-bond acceptors (Lipinski definition) is 2. The van der Waals surface area contributed by atoms with E-state index in [4.69, 9.17) is 0 Å². The third-order valence-electron chi connectivity index (χ3n) is 3.97. The van der Waals surface area contributed by atoms with Gasteiger partial charge >= 0.3 is 0 Å². The number of aromatic nitrogens is 1. The molecular formula is C20H29IN4O. The molecule has 26 heavy (non-hydrogen) atoms. The molecule has 2 N–H and O–H groups in total. The molecule has 6 heteroatoms. The Hall–Kier alpha value is -1.83. The molecule has 0 saturated heterocycles. The van der Waals surface area contributed by atoms with Crippen LogP contribution in [0, 0.1) is 5.92 Å². The Balaban J connectivity index is 0.00000338. The second-order valence-electron chi connectivity index (χ2n) is 6.52. The lowest BCUT2D eigenvalue weighted by molar-refractivity contribution is 0.573. The molecule has 0 bridgehead atoms. The number of guanidine groups is 1. The maximum absolute atomic E-state index is 11.8.